The minimum Gasteiger partial charge on any atom is -0.368 e. The van der Waals surface area contributed by atoms with Crippen LogP contribution in [0.2, 0.25) is 0 Å². The zero-order valence-corrected chi connectivity index (χ0v) is 17.3. The minimum atomic E-state index is -4.36. The van der Waals surface area contributed by atoms with Crippen LogP contribution in [0.1, 0.15) is 57.2 Å². The van der Waals surface area contributed by atoms with E-state index < -0.39 is 12.2 Å². The van der Waals surface area contributed by atoms with Crippen molar-refractivity contribution in [1.82, 2.24) is 19.6 Å². The van der Waals surface area contributed by atoms with E-state index in [2.05, 4.69) is 10.4 Å². The summed E-state index contributed by atoms with van der Waals surface area (Å²) < 4.78 is 41.6. The number of likely N-dealkylation sites (tertiary alicyclic amines) is 2. The van der Waals surface area contributed by atoms with Gasteiger partial charge in [0.1, 0.15) is 5.82 Å². The first-order chi connectivity index (χ1) is 14.2. The fourth-order valence-electron chi connectivity index (χ4n) is 4.90. The maximum absolute atomic E-state index is 13.5. The molecule has 1 aromatic heterocycles. The molecular formula is C20H28F3N5O2. The highest BCUT2D eigenvalue weighted by Gasteiger charge is 2.46. The lowest BCUT2D eigenvalue weighted by Crippen LogP contribution is -2.43. The SMILES string of the molecule is CCN1C[C@H](C(=O)N2CCC[C@H](c3cc4n(n3)[C@@H](C(F)(F)F)C[C@@H](C)N4)C2)CC1=O. The molecule has 7 nitrogen and oxygen atoms in total. The first-order valence-corrected chi connectivity index (χ1v) is 10.7. The van der Waals surface area contributed by atoms with Gasteiger partial charge in [-0.25, -0.2) is 4.68 Å². The van der Waals surface area contributed by atoms with Crippen LogP contribution in [-0.2, 0) is 9.59 Å². The van der Waals surface area contributed by atoms with E-state index in [1.807, 2.05) is 6.92 Å². The highest BCUT2D eigenvalue weighted by molar-refractivity contribution is 5.89. The van der Waals surface area contributed by atoms with Crippen LogP contribution in [0.4, 0.5) is 19.0 Å². The molecule has 0 aromatic carbocycles. The molecule has 4 rings (SSSR count). The van der Waals surface area contributed by atoms with E-state index in [9.17, 15) is 22.8 Å². The lowest BCUT2D eigenvalue weighted by Gasteiger charge is -2.33. The van der Waals surface area contributed by atoms with Crippen molar-refractivity contribution < 1.29 is 22.8 Å². The Kier molecular flexibility index (Phi) is 5.44. The summed E-state index contributed by atoms with van der Waals surface area (Å²) in [5, 5.41) is 7.41. The van der Waals surface area contributed by atoms with Crippen LogP contribution in [0.15, 0.2) is 6.07 Å². The van der Waals surface area contributed by atoms with Crippen molar-refractivity contribution in [1.29, 1.82) is 0 Å². The van der Waals surface area contributed by atoms with E-state index in [4.69, 9.17) is 0 Å². The molecule has 2 saturated heterocycles. The minimum absolute atomic E-state index is 0.00423. The van der Waals surface area contributed by atoms with Crippen LogP contribution in [0.25, 0.3) is 0 Å². The van der Waals surface area contributed by atoms with Crippen molar-refractivity contribution in [3.05, 3.63) is 11.8 Å². The van der Waals surface area contributed by atoms with Gasteiger partial charge in [-0.05, 0) is 33.1 Å². The number of carbonyl (C=O) groups excluding carboxylic acids is 2. The van der Waals surface area contributed by atoms with Crippen molar-refractivity contribution in [2.75, 3.05) is 31.5 Å². The van der Waals surface area contributed by atoms with Crippen LogP contribution in [-0.4, -0.2) is 69.8 Å². The summed E-state index contributed by atoms with van der Waals surface area (Å²) in [7, 11) is 0. The number of alkyl halides is 3. The number of carbonyl (C=O) groups is 2. The normalized spacial score (nSPS) is 29.7. The Bertz CT molecular complexity index is 824. The van der Waals surface area contributed by atoms with E-state index >= 15 is 0 Å². The standard InChI is InChI=1S/C20H28F3N5O2/c1-3-26-11-14(8-18(26)29)19(30)27-6-4-5-13(10-27)15-9-17-24-12(2)7-16(20(21,22)23)28(17)25-15/h9,12-14,16,24H,3-8,10-11H2,1-2H3/t12-,13+,14-,16-/m1/s1. The van der Waals surface area contributed by atoms with Crippen LogP contribution < -0.4 is 5.32 Å². The predicted molar refractivity (Wildman–Crippen MR) is 104 cm³/mol. The van der Waals surface area contributed by atoms with Gasteiger partial charge in [0.25, 0.3) is 0 Å². The van der Waals surface area contributed by atoms with Crippen molar-refractivity contribution in [3.8, 4) is 0 Å². The van der Waals surface area contributed by atoms with Gasteiger partial charge in [-0.1, -0.05) is 0 Å². The molecule has 166 valence electrons. The van der Waals surface area contributed by atoms with Gasteiger partial charge in [0.2, 0.25) is 11.8 Å². The largest absolute Gasteiger partial charge is 0.410 e. The third-order valence-electron chi connectivity index (χ3n) is 6.50. The monoisotopic (exact) mass is 427 g/mol. The van der Waals surface area contributed by atoms with Crippen LogP contribution in [0, 0.1) is 5.92 Å². The van der Waals surface area contributed by atoms with E-state index in [0.29, 0.717) is 37.7 Å². The summed E-state index contributed by atoms with van der Waals surface area (Å²) in [5.41, 5.74) is 0.594. The van der Waals surface area contributed by atoms with E-state index in [1.54, 1.807) is 22.8 Å². The summed E-state index contributed by atoms with van der Waals surface area (Å²) in [6, 6.07) is -0.229. The molecule has 0 bridgehead atoms. The zero-order valence-electron chi connectivity index (χ0n) is 17.3. The Balaban J connectivity index is 1.49. The fraction of sp³-hybridized carbons (Fsp3) is 0.750. The molecule has 0 saturated carbocycles. The zero-order chi connectivity index (χ0) is 21.6. The molecule has 1 N–H and O–H groups in total. The van der Waals surface area contributed by atoms with Crippen LogP contribution in [0.5, 0.6) is 0 Å². The quantitative estimate of drug-likeness (QED) is 0.806. The molecule has 3 aliphatic heterocycles. The number of fused-ring (bicyclic) bond motifs is 1. The van der Waals surface area contributed by atoms with Gasteiger partial charge < -0.3 is 15.1 Å². The lowest BCUT2D eigenvalue weighted by molar-refractivity contribution is -0.173. The number of amides is 2. The summed E-state index contributed by atoms with van der Waals surface area (Å²) in [5.74, 6) is -0.0818. The Hall–Kier alpha value is -2.26. The molecule has 0 unspecified atom stereocenters. The highest BCUT2D eigenvalue weighted by atomic mass is 19.4. The Labute approximate surface area is 173 Å². The highest BCUT2D eigenvalue weighted by Crippen LogP contribution is 2.40. The van der Waals surface area contributed by atoms with Crippen molar-refractivity contribution >= 4 is 17.6 Å². The molecule has 2 amide bonds. The number of piperidine rings is 1. The molecule has 2 fully saturated rings. The fourth-order valence-corrected chi connectivity index (χ4v) is 4.90. The van der Waals surface area contributed by atoms with Gasteiger partial charge >= 0.3 is 6.18 Å². The van der Waals surface area contributed by atoms with Crippen LogP contribution in [0.3, 0.4) is 0 Å². The Morgan fingerprint density at radius 3 is 2.77 bits per heavy atom. The predicted octanol–water partition coefficient (Wildman–Crippen LogP) is 2.77. The number of hydrogen-bond acceptors (Lipinski definition) is 4. The van der Waals surface area contributed by atoms with Gasteiger partial charge in [-0.3, -0.25) is 9.59 Å². The molecule has 1 aromatic rings. The summed E-state index contributed by atoms with van der Waals surface area (Å²) in [6.07, 6.45) is -2.64. The second-order valence-electron chi connectivity index (χ2n) is 8.69. The molecule has 0 radical (unpaired) electrons. The molecule has 10 heteroatoms. The maximum Gasteiger partial charge on any atom is 0.410 e. The number of anilines is 1. The number of hydrogen-bond donors (Lipinski definition) is 1. The molecular weight excluding hydrogens is 399 g/mol. The second-order valence-corrected chi connectivity index (χ2v) is 8.69. The van der Waals surface area contributed by atoms with Gasteiger partial charge in [0, 0.05) is 50.6 Å². The van der Waals surface area contributed by atoms with Crippen molar-refractivity contribution in [3.63, 3.8) is 0 Å². The van der Waals surface area contributed by atoms with Gasteiger partial charge in [0.05, 0.1) is 11.6 Å². The molecule has 4 atom stereocenters. The Morgan fingerprint density at radius 2 is 2.10 bits per heavy atom. The van der Waals surface area contributed by atoms with Gasteiger partial charge in [0.15, 0.2) is 6.04 Å². The maximum atomic E-state index is 13.5. The second kappa shape index (κ2) is 7.77. The third kappa shape index (κ3) is 3.88. The molecule has 30 heavy (non-hydrogen) atoms. The Morgan fingerprint density at radius 1 is 1.33 bits per heavy atom. The summed E-state index contributed by atoms with van der Waals surface area (Å²) >= 11 is 0. The number of nitrogens with zero attached hydrogens (tertiary/aromatic N) is 4. The third-order valence-corrected chi connectivity index (χ3v) is 6.50. The summed E-state index contributed by atoms with van der Waals surface area (Å²) in [4.78, 5) is 28.4. The van der Waals surface area contributed by atoms with Crippen molar-refractivity contribution in [2.24, 2.45) is 5.92 Å². The smallest absolute Gasteiger partial charge is 0.368 e. The van der Waals surface area contributed by atoms with Gasteiger partial charge in [-0.15, -0.1) is 0 Å². The molecule has 0 spiro atoms. The first kappa shape index (κ1) is 21.0. The molecule has 4 heterocycles. The van der Waals surface area contributed by atoms with Crippen LogP contribution >= 0.6 is 0 Å². The topological polar surface area (TPSA) is 70.5 Å². The van der Waals surface area contributed by atoms with E-state index in [-0.39, 0.29) is 42.5 Å². The molecule has 0 aliphatic carbocycles. The average molecular weight is 427 g/mol. The molecule has 3 aliphatic rings. The lowest BCUT2D eigenvalue weighted by atomic mass is 9.93. The number of rotatable bonds is 3. The van der Waals surface area contributed by atoms with E-state index in [0.717, 1.165) is 17.5 Å². The van der Waals surface area contributed by atoms with E-state index in [1.165, 1.54) is 0 Å². The first-order valence-electron chi connectivity index (χ1n) is 10.7. The average Bonchev–Trinajstić information content (AvgIpc) is 3.29. The number of nitrogens with one attached hydrogen (secondary N) is 1. The summed E-state index contributed by atoms with van der Waals surface area (Å²) in [6.45, 7) is 5.71. The van der Waals surface area contributed by atoms with Gasteiger partial charge in [-0.2, -0.15) is 18.3 Å². The number of halogens is 3. The van der Waals surface area contributed by atoms with Crippen molar-refractivity contribution in [2.45, 2.75) is 63.7 Å². The number of aromatic nitrogens is 2.